The predicted molar refractivity (Wildman–Crippen MR) is 116 cm³/mol. The molecule has 6 nitrogen and oxygen atoms in total. The highest BCUT2D eigenvalue weighted by molar-refractivity contribution is 7.16. The topological polar surface area (TPSA) is 73.7 Å². The van der Waals surface area contributed by atoms with E-state index in [1.54, 1.807) is 21.1 Å². The summed E-state index contributed by atoms with van der Waals surface area (Å²) >= 11 is 1.62. The Morgan fingerprint density at radius 2 is 1.60 bits per heavy atom. The number of hydrogen-bond acceptors (Lipinski definition) is 5. The second kappa shape index (κ2) is 7.49. The number of amides is 2. The minimum atomic E-state index is -1.16. The molecule has 1 N–H and O–H groups in total. The van der Waals surface area contributed by atoms with Gasteiger partial charge in [0.2, 0.25) is 0 Å². The van der Waals surface area contributed by atoms with Gasteiger partial charge in [0, 0.05) is 31.7 Å². The van der Waals surface area contributed by atoms with Crippen LogP contribution in [0.4, 0.5) is 0 Å². The molecule has 2 amide bonds. The third kappa shape index (κ3) is 3.38. The van der Waals surface area contributed by atoms with Gasteiger partial charge in [-0.2, -0.15) is 0 Å². The lowest BCUT2D eigenvalue weighted by molar-refractivity contribution is -0.161. The zero-order valence-corrected chi connectivity index (χ0v) is 17.4. The predicted octanol–water partition coefficient (Wildman–Crippen LogP) is 3.16. The molecule has 0 unspecified atom stereocenters. The van der Waals surface area contributed by atoms with E-state index < -0.39 is 5.60 Å². The van der Waals surface area contributed by atoms with Gasteiger partial charge in [0.05, 0.1) is 15.7 Å². The molecule has 30 heavy (non-hydrogen) atoms. The summed E-state index contributed by atoms with van der Waals surface area (Å²) in [4.78, 5) is 33.1. The van der Waals surface area contributed by atoms with Crippen LogP contribution in [0.25, 0.3) is 21.3 Å². The lowest BCUT2D eigenvalue weighted by Crippen LogP contribution is -2.58. The average molecular weight is 422 g/mol. The molecule has 5 rings (SSSR count). The molecule has 0 bridgehead atoms. The van der Waals surface area contributed by atoms with Crippen LogP contribution in [0, 0.1) is 0 Å². The first-order valence-electron chi connectivity index (χ1n) is 10.3. The molecule has 1 aliphatic heterocycles. The summed E-state index contributed by atoms with van der Waals surface area (Å²) in [5, 5.41) is 10.3. The molecule has 2 aliphatic rings. The first kappa shape index (κ1) is 19.2. The van der Waals surface area contributed by atoms with Crippen molar-refractivity contribution < 1.29 is 14.7 Å². The van der Waals surface area contributed by atoms with Gasteiger partial charge in [-0.1, -0.05) is 18.2 Å². The van der Waals surface area contributed by atoms with Gasteiger partial charge in [-0.05, 0) is 54.7 Å². The highest BCUT2D eigenvalue weighted by atomic mass is 32.1. The minimum Gasteiger partial charge on any atom is -0.380 e. The second-order valence-corrected chi connectivity index (χ2v) is 8.97. The van der Waals surface area contributed by atoms with E-state index in [1.807, 2.05) is 41.9 Å². The van der Waals surface area contributed by atoms with Gasteiger partial charge in [0.1, 0.15) is 5.60 Å². The third-order valence-electron chi connectivity index (χ3n) is 6.23. The van der Waals surface area contributed by atoms with Crippen LogP contribution in [-0.4, -0.2) is 63.5 Å². The summed E-state index contributed by atoms with van der Waals surface area (Å²) in [6.45, 7) is 1.93. The van der Waals surface area contributed by atoms with Crippen LogP contribution in [0.2, 0.25) is 0 Å². The van der Waals surface area contributed by atoms with Crippen molar-refractivity contribution in [1.29, 1.82) is 0 Å². The van der Waals surface area contributed by atoms with Gasteiger partial charge in [0.25, 0.3) is 11.8 Å². The van der Waals surface area contributed by atoms with Gasteiger partial charge in [-0.15, -0.1) is 11.3 Å². The molecule has 1 aromatic heterocycles. The van der Waals surface area contributed by atoms with Crippen molar-refractivity contribution >= 4 is 33.4 Å². The van der Waals surface area contributed by atoms with Crippen LogP contribution in [0.5, 0.6) is 0 Å². The lowest BCUT2D eigenvalue weighted by atomic mass is 9.79. The number of aliphatic hydroxyl groups is 1. The van der Waals surface area contributed by atoms with E-state index in [9.17, 15) is 14.7 Å². The molecular formula is C23H23N3O3S. The van der Waals surface area contributed by atoms with Crippen molar-refractivity contribution in [3.8, 4) is 11.1 Å². The SMILES string of the molecule is O=C(c1ccc(-c2ccc3ncsc3c2)cc1)N1CCN(C(=O)C2(O)CCC2)CC1. The van der Waals surface area contributed by atoms with E-state index in [4.69, 9.17) is 0 Å². The fraction of sp³-hybridized carbons (Fsp3) is 0.348. The Kier molecular flexibility index (Phi) is 4.79. The number of fused-ring (bicyclic) bond motifs is 1. The van der Waals surface area contributed by atoms with Gasteiger partial charge < -0.3 is 14.9 Å². The van der Waals surface area contributed by atoms with Gasteiger partial charge in [-0.25, -0.2) is 4.98 Å². The number of rotatable bonds is 3. The Morgan fingerprint density at radius 3 is 2.27 bits per heavy atom. The number of hydrogen-bond donors (Lipinski definition) is 1. The summed E-state index contributed by atoms with van der Waals surface area (Å²) in [7, 11) is 0. The maximum Gasteiger partial charge on any atom is 0.254 e. The number of piperazine rings is 1. The molecule has 1 saturated heterocycles. The second-order valence-electron chi connectivity index (χ2n) is 8.08. The van der Waals surface area contributed by atoms with Crippen molar-refractivity contribution in [3.63, 3.8) is 0 Å². The maximum absolute atomic E-state index is 12.9. The van der Waals surface area contributed by atoms with Gasteiger partial charge in [-0.3, -0.25) is 9.59 Å². The number of thiazole rings is 1. The quantitative estimate of drug-likeness (QED) is 0.705. The summed E-state index contributed by atoms with van der Waals surface area (Å²) < 4.78 is 1.15. The van der Waals surface area contributed by atoms with Crippen molar-refractivity contribution in [2.24, 2.45) is 0 Å². The van der Waals surface area contributed by atoms with E-state index in [1.165, 1.54) is 0 Å². The molecule has 7 heteroatoms. The highest BCUT2D eigenvalue weighted by Gasteiger charge is 2.45. The van der Waals surface area contributed by atoms with Crippen LogP contribution in [0.1, 0.15) is 29.6 Å². The van der Waals surface area contributed by atoms with Gasteiger partial charge in [0.15, 0.2) is 0 Å². The van der Waals surface area contributed by atoms with Crippen molar-refractivity contribution in [2.45, 2.75) is 24.9 Å². The number of aromatic nitrogens is 1. The van der Waals surface area contributed by atoms with Crippen molar-refractivity contribution in [1.82, 2.24) is 14.8 Å². The molecule has 0 atom stereocenters. The van der Waals surface area contributed by atoms with E-state index in [0.717, 1.165) is 27.8 Å². The molecule has 0 spiro atoms. The zero-order chi connectivity index (χ0) is 20.7. The first-order valence-corrected chi connectivity index (χ1v) is 11.2. The van der Waals surface area contributed by atoms with Crippen molar-refractivity contribution in [3.05, 3.63) is 53.5 Å². The van der Waals surface area contributed by atoms with E-state index in [0.29, 0.717) is 44.6 Å². The maximum atomic E-state index is 12.9. The number of benzene rings is 2. The molecule has 2 heterocycles. The van der Waals surface area contributed by atoms with Crippen LogP contribution < -0.4 is 0 Å². The molecule has 2 fully saturated rings. The smallest absolute Gasteiger partial charge is 0.254 e. The number of carbonyl (C=O) groups excluding carboxylic acids is 2. The van der Waals surface area contributed by atoms with Crippen LogP contribution >= 0.6 is 11.3 Å². The Bertz CT molecular complexity index is 1100. The molecule has 1 saturated carbocycles. The average Bonchev–Trinajstić information content (AvgIpc) is 3.24. The first-order chi connectivity index (χ1) is 14.5. The molecule has 1 aliphatic carbocycles. The summed E-state index contributed by atoms with van der Waals surface area (Å²) in [5.41, 5.74) is 4.49. The summed E-state index contributed by atoms with van der Waals surface area (Å²) in [6, 6.07) is 13.9. The fourth-order valence-electron chi connectivity index (χ4n) is 4.15. The highest BCUT2D eigenvalue weighted by Crippen LogP contribution is 2.33. The largest absolute Gasteiger partial charge is 0.380 e. The molecular weight excluding hydrogens is 398 g/mol. The van der Waals surface area contributed by atoms with Crippen LogP contribution in [-0.2, 0) is 4.79 Å². The Balaban J connectivity index is 1.24. The normalized spacial score (nSPS) is 18.3. The molecule has 0 radical (unpaired) electrons. The lowest BCUT2D eigenvalue weighted by Gasteiger charge is -2.42. The van der Waals surface area contributed by atoms with E-state index in [2.05, 4.69) is 11.1 Å². The minimum absolute atomic E-state index is 0.0195. The Morgan fingerprint density at radius 1 is 0.933 bits per heavy atom. The van der Waals surface area contributed by atoms with E-state index >= 15 is 0 Å². The van der Waals surface area contributed by atoms with Crippen LogP contribution in [0.15, 0.2) is 48.0 Å². The summed E-state index contributed by atoms with van der Waals surface area (Å²) in [5.74, 6) is -0.197. The Labute approximate surface area is 178 Å². The van der Waals surface area contributed by atoms with E-state index in [-0.39, 0.29) is 11.8 Å². The van der Waals surface area contributed by atoms with Crippen LogP contribution in [0.3, 0.4) is 0 Å². The molecule has 154 valence electrons. The number of nitrogens with zero attached hydrogens (tertiary/aromatic N) is 3. The third-order valence-corrected chi connectivity index (χ3v) is 7.02. The Hall–Kier alpha value is -2.77. The standard InChI is InChI=1S/C23H23N3O3S/c27-21(25-10-12-26(13-11-25)22(28)23(29)8-1-9-23)17-4-2-16(3-5-17)18-6-7-19-20(14-18)30-15-24-19/h2-7,14-15,29H,1,8-13H2. The zero-order valence-electron chi connectivity index (χ0n) is 16.6. The molecule has 2 aromatic carbocycles. The van der Waals surface area contributed by atoms with Crippen molar-refractivity contribution in [2.75, 3.05) is 26.2 Å². The fourth-order valence-corrected chi connectivity index (χ4v) is 4.87. The molecule has 3 aromatic rings. The monoisotopic (exact) mass is 421 g/mol. The summed E-state index contributed by atoms with van der Waals surface area (Å²) in [6.07, 6.45) is 2.00. The van der Waals surface area contributed by atoms with Gasteiger partial charge >= 0.3 is 0 Å². The number of carbonyl (C=O) groups is 2.